The summed E-state index contributed by atoms with van der Waals surface area (Å²) in [4.78, 5) is 0. The topological polar surface area (TPSA) is 34.1 Å². The molecule has 0 fully saturated rings. The fraction of sp³-hybridized carbons (Fsp3) is 0. The Bertz CT molecular complexity index is 744. The summed E-state index contributed by atoms with van der Waals surface area (Å²) in [5, 5.41) is 2.99. The molecule has 3 aromatic carbocycles. The lowest BCUT2D eigenvalue weighted by atomic mass is 10.4. The van der Waals surface area contributed by atoms with Crippen LogP contribution in [0.15, 0.2) is 84.9 Å². The largest absolute Gasteiger partial charge is 0.317 e. The molecule has 0 amide bonds. The molecule has 0 saturated heterocycles. The van der Waals surface area contributed by atoms with Crippen LogP contribution >= 0.6 is 15.6 Å². The fourth-order valence-corrected chi connectivity index (χ4v) is 5.81. The predicted molar refractivity (Wildman–Crippen MR) is 95.9 cm³/mol. The second-order valence-electron chi connectivity index (χ2n) is 4.94. The molecular weight excluding hydrogens is 310 g/mol. The molecule has 0 bridgehead atoms. The van der Waals surface area contributed by atoms with Crippen molar-refractivity contribution < 1.29 is 9.13 Å². The molecule has 0 N–H and O–H groups in total. The van der Waals surface area contributed by atoms with Crippen molar-refractivity contribution in [1.82, 2.24) is 0 Å². The molecule has 2 nitrogen and oxygen atoms in total. The number of benzene rings is 3. The van der Waals surface area contributed by atoms with Crippen LogP contribution in [0.1, 0.15) is 0 Å². The molecule has 0 spiro atoms. The molecule has 0 aliphatic rings. The molecule has 110 valence electrons. The number of hydrogen-bond acceptors (Lipinski definition) is 2. The minimum Gasteiger partial charge on any atom is -0.317 e. The van der Waals surface area contributed by atoms with Gasteiger partial charge >= 0.3 is 0 Å². The lowest BCUT2D eigenvalue weighted by Crippen LogP contribution is -2.23. The monoisotopic (exact) mass is 326 g/mol. The van der Waals surface area contributed by atoms with E-state index >= 15 is 0 Å². The van der Waals surface area contributed by atoms with Crippen molar-refractivity contribution in [2.24, 2.45) is 0 Å². The molecule has 3 aromatic rings. The highest BCUT2D eigenvalue weighted by atomic mass is 31.1. The van der Waals surface area contributed by atoms with E-state index in [4.69, 9.17) is 0 Å². The summed E-state index contributed by atoms with van der Waals surface area (Å²) in [6.45, 7) is 0. The molecule has 0 heterocycles. The van der Waals surface area contributed by atoms with Crippen molar-refractivity contribution in [2.45, 2.75) is 0 Å². The van der Waals surface area contributed by atoms with Gasteiger partial charge in [-0.2, -0.15) is 0 Å². The van der Waals surface area contributed by atoms with Gasteiger partial charge in [0.1, 0.15) is 15.6 Å². The third-order valence-corrected chi connectivity index (χ3v) is 7.30. The van der Waals surface area contributed by atoms with E-state index in [2.05, 4.69) is 0 Å². The van der Waals surface area contributed by atoms with Crippen molar-refractivity contribution in [2.75, 3.05) is 0 Å². The van der Waals surface area contributed by atoms with Crippen LogP contribution in [0, 0.1) is 0 Å². The summed E-state index contributed by atoms with van der Waals surface area (Å²) in [6.07, 6.45) is 0. The van der Waals surface area contributed by atoms with E-state index < -0.39 is 15.6 Å². The zero-order valence-corrected chi connectivity index (χ0v) is 13.9. The van der Waals surface area contributed by atoms with E-state index in [1.165, 1.54) is 0 Å². The van der Waals surface area contributed by atoms with Gasteiger partial charge in [0.2, 0.25) is 0 Å². The number of hydrogen-bond donors (Lipinski definition) is 0. The van der Waals surface area contributed by atoms with E-state index in [0.717, 1.165) is 10.6 Å². The van der Waals surface area contributed by atoms with Crippen LogP contribution in [-0.4, -0.2) is 0 Å². The molecule has 3 rings (SSSR count). The predicted octanol–water partition coefficient (Wildman–Crippen LogP) is 2.71. The minimum atomic E-state index is -2.15. The van der Waals surface area contributed by atoms with Crippen molar-refractivity contribution in [3.63, 3.8) is 0 Å². The van der Waals surface area contributed by atoms with Gasteiger partial charge in [0.25, 0.3) is 0 Å². The summed E-state index contributed by atoms with van der Waals surface area (Å²) in [5.41, 5.74) is 0. The van der Waals surface area contributed by atoms with Gasteiger partial charge in [-0.3, -0.25) is 0 Å². The van der Waals surface area contributed by atoms with Crippen LogP contribution in [-0.2, 0) is 9.13 Å². The van der Waals surface area contributed by atoms with Crippen molar-refractivity contribution in [1.29, 1.82) is 0 Å². The fourth-order valence-electron chi connectivity index (χ4n) is 2.37. The Hall–Kier alpha value is -1.88. The molecule has 0 radical (unpaired) electrons. The summed E-state index contributed by atoms with van der Waals surface area (Å²) in [6, 6.07) is 26.1. The third-order valence-electron chi connectivity index (χ3n) is 3.49. The highest BCUT2D eigenvalue weighted by Gasteiger charge is 2.16. The first-order valence-corrected chi connectivity index (χ1v) is 9.87. The summed E-state index contributed by atoms with van der Waals surface area (Å²) in [7, 11) is -4.30. The van der Waals surface area contributed by atoms with Crippen molar-refractivity contribution in [3.05, 3.63) is 84.9 Å². The van der Waals surface area contributed by atoms with Gasteiger partial charge in [-0.1, -0.05) is 84.9 Å². The maximum absolute atomic E-state index is 12.9. The van der Waals surface area contributed by atoms with Gasteiger partial charge < -0.3 is 9.13 Å². The van der Waals surface area contributed by atoms with Crippen LogP contribution < -0.4 is 21.2 Å². The molecule has 0 aliphatic carbocycles. The van der Waals surface area contributed by atoms with Crippen LogP contribution in [0.25, 0.3) is 0 Å². The SMILES string of the molecule is O=[PH](c1ccccc1)c1ccccc1[PH](=O)c1ccccc1. The third kappa shape index (κ3) is 3.14. The van der Waals surface area contributed by atoms with Gasteiger partial charge in [-0.15, -0.1) is 0 Å². The van der Waals surface area contributed by atoms with Crippen molar-refractivity contribution >= 4 is 36.8 Å². The molecular formula is C18H16O2P2. The average molecular weight is 326 g/mol. The van der Waals surface area contributed by atoms with Crippen LogP contribution in [0.2, 0.25) is 0 Å². The zero-order chi connectivity index (χ0) is 15.4. The lowest BCUT2D eigenvalue weighted by molar-refractivity contribution is 0.596. The van der Waals surface area contributed by atoms with E-state index in [-0.39, 0.29) is 0 Å². The molecule has 0 aromatic heterocycles. The summed E-state index contributed by atoms with van der Waals surface area (Å²) < 4.78 is 25.7. The zero-order valence-electron chi connectivity index (χ0n) is 11.9. The maximum Gasteiger partial charge on any atom is 0.132 e. The molecule has 2 unspecified atom stereocenters. The first-order valence-electron chi connectivity index (χ1n) is 7.06. The highest BCUT2D eigenvalue weighted by molar-refractivity contribution is 7.67. The first-order chi connectivity index (χ1) is 10.8. The van der Waals surface area contributed by atoms with Gasteiger partial charge in [-0.05, 0) is 0 Å². The Labute approximate surface area is 131 Å². The Morgan fingerprint density at radius 2 is 0.773 bits per heavy atom. The average Bonchev–Trinajstić information content (AvgIpc) is 2.62. The normalized spacial score (nSPS) is 13.5. The van der Waals surface area contributed by atoms with Gasteiger partial charge in [0.15, 0.2) is 0 Å². The summed E-state index contributed by atoms with van der Waals surface area (Å²) >= 11 is 0. The quantitative estimate of drug-likeness (QED) is 0.691. The van der Waals surface area contributed by atoms with Crippen molar-refractivity contribution in [3.8, 4) is 0 Å². The minimum absolute atomic E-state index is 0.700. The first kappa shape index (κ1) is 15.0. The smallest absolute Gasteiger partial charge is 0.132 e. The van der Waals surface area contributed by atoms with E-state index in [9.17, 15) is 9.13 Å². The lowest BCUT2D eigenvalue weighted by Gasteiger charge is -2.10. The molecule has 0 saturated carbocycles. The Balaban J connectivity index is 2.04. The molecule has 0 aliphatic heterocycles. The second kappa shape index (κ2) is 6.92. The summed E-state index contributed by atoms with van der Waals surface area (Å²) in [5.74, 6) is 0. The highest BCUT2D eigenvalue weighted by Crippen LogP contribution is 2.25. The van der Waals surface area contributed by atoms with Crippen LogP contribution in [0.4, 0.5) is 0 Å². The molecule has 22 heavy (non-hydrogen) atoms. The van der Waals surface area contributed by atoms with E-state index in [1.54, 1.807) is 0 Å². The number of rotatable bonds is 4. The Morgan fingerprint density at radius 3 is 1.14 bits per heavy atom. The van der Waals surface area contributed by atoms with Gasteiger partial charge in [0, 0.05) is 21.2 Å². The van der Waals surface area contributed by atoms with Gasteiger partial charge in [-0.25, -0.2) is 0 Å². The van der Waals surface area contributed by atoms with Gasteiger partial charge in [0.05, 0.1) is 0 Å². The Morgan fingerprint density at radius 1 is 0.455 bits per heavy atom. The molecule has 2 atom stereocenters. The van der Waals surface area contributed by atoms with E-state index in [1.807, 2.05) is 84.9 Å². The molecule has 4 heteroatoms. The standard InChI is InChI=1S/C18H16O2P2/c19-21(15-9-3-1-4-10-15)17-13-7-8-14-18(17)22(20)16-11-5-2-6-12-16/h1-14,21-22H. The second-order valence-corrected chi connectivity index (χ2v) is 8.48. The Kier molecular flexibility index (Phi) is 4.73. The van der Waals surface area contributed by atoms with E-state index in [0.29, 0.717) is 10.6 Å². The maximum atomic E-state index is 12.9. The van der Waals surface area contributed by atoms with Crippen LogP contribution in [0.3, 0.4) is 0 Å². The van der Waals surface area contributed by atoms with Crippen LogP contribution in [0.5, 0.6) is 0 Å².